The van der Waals surface area contributed by atoms with Crippen LogP contribution in [0.3, 0.4) is 0 Å². The molecule has 0 saturated carbocycles. The Balaban J connectivity index is 2.15. The van der Waals surface area contributed by atoms with Crippen LogP contribution in [0.25, 0.3) is 0 Å². The Morgan fingerprint density at radius 2 is 1.93 bits per heavy atom. The average Bonchev–Trinajstić information content (AvgIpc) is 2.67. The third-order valence-electron chi connectivity index (χ3n) is 3.78. The molecule has 0 spiro atoms. The number of amides is 1. The van der Waals surface area contributed by atoms with Crippen LogP contribution in [0.2, 0.25) is 5.02 Å². The molecule has 1 amide bonds. The van der Waals surface area contributed by atoms with E-state index in [1.807, 2.05) is 0 Å². The first-order valence-corrected chi connectivity index (χ1v) is 11.3. The van der Waals surface area contributed by atoms with Crippen molar-refractivity contribution in [3.63, 3.8) is 0 Å². The monoisotopic (exact) mass is 519 g/mol. The lowest BCUT2D eigenvalue weighted by atomic mass is 10.2. The predicted octanol–water partition coefficient (Wildman–Crippen LogP) is 2.74. The Morgan fingerprint density at radius 1 is 1.27 bits per heavy atom. The molecule has 2 N–H and O–H groups in total. The van der Waals surface area contributed by atoms with E-state index in [2.05, 4.69) is 26.5 Å². The molecular formula is C18H19BrClN3O6S. The fourth-order valence-corrected chi connectivity index (χ4v) is 3.94. The van der Waals surface area contributed by atoms with Crippen LogP contribution in [0, 0.1) is 0 Å². The first kappa shape index (κ1) is 23.8. The van der Waals surface area contributed by atoms with Crippen LogP contribution < -0.4 is 19.2 Å². The van der Waals surface area contributed by atoms with Gasteiger partial charge in [-0.05, 0) is 51.8 Å². The van der Waals surface area contributed by atoms with Crippen molar-refractivity contribution in [2.75, 3.05) is 31.3 Å². The quantitative estimate of drug-likeness (QED) is 0.408. The highest BCUT2D eigenvalue weighted by atomic mass is 79.9. The van der Waals surface area contributed by atoms with Crippen molar-refractivity contribution in [2.45, 2.75) is 0 Å². The van der Waals surface area contributed by atoms with Gasteiger partial charge in [-0.1, -0.05) is 11.6 Å². The molecule has 0 bridgehead atoms. The number of carbonyl (C=O) groups excluding carboxylic acids is 1. The highest BCUT2D eigenvalue weighted by molar-refractivity contribution is 9.10. The van der Waals surface area contributed by atoms with Crippen molar-refractivity contribution in [3.05, 3.63) is 45.4 Å². The van der Waals surface area contributed by atoms with Gasteiger partial charge >= 0.3 is 0 Å². The van der Waals surface area contributed by atoms with E-state index in [4.69, 9.17) is 21.1 Å². The molecule has 2 aromatic carbocycles. The number of nitrogens with zero attached hydrogens (tertiary/aromatic N) is 2. The van der Waals surface area contributed by atoms with E-state index < -0.39 is 22.5 Å². The standard InChI is InChI=1S/C18H19BrClN3O6S/c1-28-15-5-4-12(8-14(15)20)23(30(3,26)27)10-17(24)22-21-9-11-6-13(19)18(25)16(7-11)29-2/h4-9,25H,10H2,1-3H3,(H,22,24)/b21-9-. The number of hydrogen-bond acceptors (Lipinski definition) is 7. The van der Waals surface area contributed by atoms with Gasteiger partial charge in [0, 0.05) is 0 Å². The number of benzene rings is 2. The summed E-state index contributed by atoms with van der Waals surface area (Å²) in [5.74, 6) is -0.149. The van der Waals surface area contributed by atoms with Gasteiger partial charge in [0.25, 0.3) is 5.91 Å². The normalized spacial score (nSPS) is 11.4. The lowest BCUT2D eigenvalue weighted by Gasteiger charge is -2.22. The molecule has 0 aromatic heterocycles. The van der Waals surface area contributed by atoms with E-state index in [0.717, 1.165) is 10.6 Å². The number of methoxy groups -OCH3 is 2. The number of sulfonamides is 1. The van der Waals surface area contributed by atoms with Gasteiger partial charge in [0.05, 0.1) is 41.9 Å². The SMILES string of the molecule is COc1ccc(N(CC(=O)N/N=C\c2cc(Br)c(O)c(OC)c2)S(C)(=O)=O)cc1Cl. The van der Waals surface area contributed by atoms with Gasteiger partial charge in [-0.15, -0.1) is 0 Å². The average molecular weight is 521 g/mol. The van der Waals surface area contributed by atoms with Gasteiger partial charge in [-0.3, -0.25) is 9.10 Å². The summed E-state index contributed by atoms with van der Waals surface area (Å²) < 4.78 is 35.7. The third kappa shape index (κ3) is 6.00. The van der Waals surface area contributed by atoms with E-state index in [1.165, 1.54) is 44.7 Å². The molecule has 2 rings (SSSR count). The molecule has 9 nitrogen and oxygen atoms in total. The fraction of sp³-hybridized carbons (Fsp3) is 0.222. The van der Waals surface area contributed by atoms with E-state index in [0.29, 0.717) is 15.8 Å². The Hall–Kier alpha value is -2.50. The highest BCUT2D eigenvalue weighted by Gasteiger charge is 2.21. The first-order valence-electron chi connectivity index (χ1n) is 8.26. The second-order valence-electron chi connectivity index (χ2n) is 5.94. The van der Waals surface area contributed by atoms with Crippen molar-refractivity contribution in [2.24, 2.45) is 5.10 Å². The van der Waals surface area contributed by atoms with Crippen LogP contribution in [-0.2, 0) is 14.8 Å². The molecule has 0 radical (unpaired) electrons. The number of halogens is 2. The van der Waals surface area contributed by atoms with Crippen molar-refractivity contribution < 1.29 is 27.8 Å². The maximum atomic E-state index is 12.3. The third-order valence-corrected chi connectivity index (χ3v) is 5.82. The number of hydrogen-bond donors (Lipinski definition) is 2. The van der Waals surface area contributed by atoms with Crippen molar-refractivity contribution in [1.29, 1.82) is 0 Å². The number of hydrazone groups is 1. The van der Waals surface area contributed by atoms with E-state index in [9.17, 15) is 18.3 Å². The van der Waals surface area contributed by atoms with Crippen LogP contribution in [0.15, 0.2) is 39.9 Å². The minimum absolute atomic E-state index is 0.0689. The van der Waals surface area contributed by atoms with Gasteiger partial charge in [-0.25, -0.2) is 13.8 Å². The Morgan fingerprint density at radius 3 is 2.50 bits per heavy atom. The molecule has 0 unspecified atom stereocenters. The Kier molecular flexibility index (Phi) is 7.93. The molecule has 0 heterocycles. The van der Waals surface area contributed by atoms with Gasteiger partial charge < -0.3 is 14.6 Å². The molecule has 0 atom stereocenters. The minimum atomic E-state index is -3.78. The molecule has 12 heteroatoms. The van der Waals surface area contributed by atoms with Gasteiger partial charge in [0.1, 0.15) is 12.3 Å². The summed E-state index contributed by atoms with van der Waals surface area (Å²) in [5.41, 5.74) is 2.99. The molecule has 0 aliphatic heterocycles. The predicted molar refractivity (Wildman–Crippen MR) is 118 cm³/mol. The largest absolute Gasteiger partial charge is 0.503 e. The van der Waals surface area contributed by atoms with Gasteiger partial charge in [0.15, 0.2) is 11.5 Å². The molecule has 0 saturated heterocycles. The molecule has 0 aliphatic rings. The summed E-state index contributed by atoms with van der Waals surface area (Å²) in [4.78, 5) is 12.3. The van der Waals surface area contributed by atoms with Crippen molar-refractivity contribution in [3.8, 4) is 17.2 Å². The lowest BCUT2D eigenvalue weighted by Crippen LogP contribution is -2.39. The smallest absolute Gasteiger partial charge is 0.260 e. The zero-order chi connectivity index (χ0) is 22.5. The van der Waals surface area contributed by atoms with Crippen LogP contribution in [-0.4, -0.2) is 52.7 Å². The summed E-state index contributed by atoms with van der Waals surface area (Å²) in [6.45, 7) is -0.512. The lowest BCUT2D eigenvalue weighted by molar-refractivity contribution is -0.119. The summed E-state index contributed by atoms with van der Waals surface area (Å²) in [5, 5.41) is 13.8. The maximum Gasteiger partial charge on any atom is 0.260 e. The first-order chi connectivity index (χ1) is 14.1. The van der Waals surface area contributed by atoms with Crippen LogP contribution in [0.5, 0.6) is 17.2 Å². The zero-order valence-electron chi connectivity index (χ0n) is 16.2. The summed E-state index contributed by atoms with van der Waals surface area (Å²) in [6, 6.07) is 7.44. The number of anilines is 1. The van der Waals surface area contributed by atoms with Crippen molar-refractivity contribution >= 4 is 55.4 Å². The summed E-state index contributed by atoms with van der Waals surface area (Å²) in [6.07, 6.45) is 2.29. The number of aromatic hydroxyl groups is 1. The highest BCUT2D eigenvalue weighted by Crippen LogP contribution is 2.34. The maximum absolute atomic E-state index is 12.3. The molecule has 30 heavy (non-hydrogen) atoms. The second-order valence-corrected chi connectivity index (χ2v) is 9.10. The van der Waals surface area contributed by atoms with E-state index >= 15 is 0 Å². The van der Waals surface area contributed by atoms with E-state index in [1.54, 1.807) is 6.07 Å². The Bertz CT molecular complexity index is 1080. The molecule has 2 aromatic rings. The minimum Gasteiger partial charge on any atom is -0.503 e. The van der Waals surface area contributed by atoms with Crippen LogP contribution in [0.1, 0.15) is 5.56 Å². The number of ether oxygens (including phenoxy) is 2. The van der Waals surface area contributed by atoms with Gasteiger partial charge in [0.2, 0.25) is 10.0 Å². The summed E-state index contributed by atoms with van der Waals surface area (Å²) >= 11 is 9.24. The van der Waals surface area contributed by atoms with Gasteiger partial charge in [-0.2, -0.15) is 5.10 Å². The zero-order valence-corrected chi connectivity index (χ0v) is 19.4. The number of nitrogens with one attached hydrogen (secondary N) is 1. The Labute approximate surface area is 187 Å². The fourth-order valence-electron chi connectivity index (χ4n) is 2.38. The molecule has 0 fully saturated rings. The number of rotatable bonds is 8. The number of carbonyl (C=O) groups is 1. The topological polar surface area (TPSA) is 118 Å². The molecule has 0 aliphatic carbocycles. The van der Waals surface area contributed by atoms with E-state index in [-0.39, 0.29) is 22.2 Å². The van der Waals surface area contributed by atoms with Crippen LogP contribution >= 0.6 is 27.5 Å². The number of phenols is 1. The summed E-state index contributed by atoms with van der Waals surface area (Å²) in [7, 11) is -0.944. The van der Waals surface area contributed by atoms with Crippen molar-refractivity contribution in [1.82, 2.24) is 5.43 Å². The molecule has 162 valence electrons. The second kappa shape index (κ2) is 10.0. The molecular weight excluding hydrogens is 502 g/mol. The number of phenolic OH excluding ortho intramolecular Hbond substituents is 1. The van der Waals surface area contributed by atoms with Crippen LogP contribution in [0.4, 0.5) is 5.69 Å².